The van der Waals surface area contributed by atoms with Crippen molar-refractivity contribution in [1.29, 1.82) is 0 Å². The van der Waals surface area contributed by atoms with Crippen molar-refractivity contribution < 1.29 is 14.3 Å². The number of fused-ring (bicyclic) bond motifs is 1. The Kier molecular flexibility index (Phi) is 5.96. The fourth-order valence-electron chi connectivity index (χ4n) is 5.18. The largest absolute Gasteiger partial charge is 0.496 e. The summed E-state index contributed by atoms with van der Waals surface area (Å²) < 4.78 is 12.9. The van der Waals surface area contributed by atoms with Crippen molar-refractivity contribution in [2.24, 2.45) is 13.0 Å². The molecule has 8 nitrogen and oxygen atoms in total. The number of thioether (sulfide) groups is 1. The molecular formula is C24H31N5O3S. The van der Waals surface area contributed by atoms with Gasteiger partial charge in [0.2, 0.25) is 5.82 Å². The van der Waals surface area contributed by atoms with Crippen molar-refractivity contribution in [1.82, 2.24) is 24.6 Å². The third kappa shape index (κ3) is 4.06. The quantitative estimate of drug-likeness (QED) is 0.376. The Morgan fingerprint density at radius 1 is 1.36 bits per heavy atom. The number of ether oxygens (including phenoxy) is 1. The van der Waals surface area contributed by atoms with Crippen LogP contribution in [-0.4, -0.2) is 62.3 Å². The van der Waals surface area contributed by atoms with Crippen molar-refractivity contribution in [3.05, 3.63) is 41.4 Å². The number of benzene rings is 1. The number of hydrogen-bond donors (Lipinski definition) is 1. The van der Waals surface area contributed by atoms with Gasteiger partial charge in [0.25, 0.3) is 0 Å². The second kappa shape index (κ2) is 8.77. The maximum atomic E-state index is 10.2. The van der Waals surface area contributed by atoms with Crippen LogP contribution in [0.3, 0.4) is 0 Å². The second-order valence-corrected chi connectivity index (χ2v) is 10.3. The van der Waals surface area contributed by atoms with Gasteiger partial charge in [0.1, 0.15) is 5.75 Å². The molecule has 1 N–H and O–H groups in total. The van der Waals surface area contributed by atoms with Gasteiger partial charge < -0.3 is 23.7 Å². The molecule has 33 heavy (non-hydrogen) atoms. The van der Waals surface area contributed by atoms with Gasteiger partial charge >= 0.3 is 0 Å². The minimum absolute atomic E-state index is 0.247. The third-order valence-electron chi connectivity index (χ3n) is 7.10. The molecule has 9 heteroatoms. The van der Waals surface area contributed by atoms with Crippen LogP contribution < -0.4 is 4.74 Å². The summed E-state index contributed by atoms with van der Waals surface area (Å²) in [5.74, 6) is 3.86. The van der Waals surface area contributed by atoms with E-state index in [0.717, 1.165) is 54.0 Å². The molecule has 1 aliphatic carbocycles. The van der Waals surface area contributed by atoms with Crippen LogP contribution in [0.1, 0.15) is 42.7 Å². The number of methoxy groups -OCH3 is 1. The summed E-state index contributed by atoms with van der Waals surface area (Å²) in [5, 5.41) is 19.7. The Morgan fingerprint density at radius 2 is 2.21 bits per heavy atom. The number of rotatable bonds is 9. The van der Waals surface area contributed by atoms with E-state index in [1.54, 1.807) is 25.8 Å². The van der Waals surface area contributed by atoms with Gasteiger partial charge in [-0.2, -0.15) is 0 Å². The maximum absolute atomic E-state index is 10.2. The van der Waals surface area contributed by atoms with Gasteiger partial charge in [0.05, 0.1) is 18.9 Å². The normalized spacial score (nSPS) is 23.0. The molecule has 3 heterocycles. The van der Waals surface area contributed by atoms with Gasteiger partial charge in [-0.15, -0.1) is 10.2 Å². The number of aromatic nitrogens is 4. The van der Waals surface area contributed by atoms with Gasteiger partial charge in [-0.05, 0) is 56.8 Å². The van der Waals surface area contributed by atoms with Gasteiger partial charge in [-0.1, -0.05) is 17.8 Å². The van der Waals surface area contributed by atoms with E-state index in [4.69, 9.17) is 9.15 Å². The predicted molar refractivity (Wildman–Crippen MR) is 126 cm³/mol. The van der Waals surface area contributed by atoms with Crippen LogP contribution in [0, 0.1) is 12.8 Å². The fraction of sp³-hybridized carbons (Fsp3) is 0.542. The molecular weight excluding hydrogens is 438 g/mol. The summed E-state index contributed by atoms with van der Waals surface area (Å²) in [7, 11) is 3.62. The van der Waals surface area contributed by atoms with E-state index in [9.17, 15) is 5.11 Å². The molecule has 2 fully saturated rings. The van der Waals surface area contributed by atoms with Crippen LogP contribution >= 0.6 is 11.8 Å². The number of aryl methyl sites for hydroxylation is 1. The average molecular weight is 470 g/mol. The molecule has 1 saturated carbocycles. The van der Waals surface area contributed by atoms with E-state index in [0.29, 0.717) is 17.5 Å². The Labute approximate surface area is 198 Å². The molecule has 176 valence electrons. The van der Waals surface area contributed by atoms with Gasteiger partial charge in [0, 0.05) is 36.9 Å². The second-order valence-electron chi connectivity index (χ2n) is 9.26. The maximum Gasteiger partial charge on any atom is 0.202 e. The van der Waals surface area contributed by atoms with Gasteiger partial charge in [-0.25, -0.2) is 4.98 Å². The molecule has 1 aromatic carbocycles. The molecule has 1 aliphatic heterocycles. The Balaban J connectivity index is 1.15. The first kappa shape index (κ1) is 22.4. The van der Waals surface area contributed by atoms with Crippen LogP contribution in [0.25, 0.3) is 11.6 Å². The summed E-state index contributed by atoms with van der Waals surface area (Å²) in [6, 6.07) is 6.35. The third-order valence-corrected chi connectivity index (χ3v) is 8.21. The molecule has 0 spiro atoms. The van der Waals surface area contributed by atoms with Crippen LogP contribution in [0.2, 0.25) is 0 Å². The van der Waals surface area contributed by atoms with Crippen LogP contribution in [-0.2, 0) is 12.5 Å². The van der Waals surface area contributed by atoms with E-state index >= 15 is 0 Å². The highest BCUT2D eigenvalue weighted by Crippen LogP contribution is 2.59. The lowest BCUT2D eigenvalue weighted by atomic mass is 9.92. The number of hydrogen-bond acceptors (Lipinski definition) is 8. The first-order valence-corrected chi connectivity index (χ1v) is 12.4. The van der Waals surface area contributed by atoms with Crippen LogP contribution in [0.5, 0.6) is 5.75 Å². The standard InChI is InChI=1S/C24H31N5O3S/c1-15-21(32-14-25-15)22-26-27-23(28(22)3)33-9-5-8-29-12-18-11-24(18,13-29)17-6-7-20(31-4)19(10-17)16(2)30/h6-7,10,14,16,18,30H,5,8-9,11-13H2,1-4H3/t16?,18-,24+/m1/s1. The topological polar surface area (TPSA) is 89.4 Å². The van der Waals surface area contributed by atoms with E-state index in [1.165, 1.54) is 18.4 Å². The van der Waals surface area contributed by atoms with E-state index in [2.05, 4.69) is 32.2 Å². The fourth-order valence-corrected chi connectivity index (χ4v) is 6.02. The van der Waals surface area contributed by atoms with Crippen molar-refractivity contribution in [2.75, 3.05) is 32.5 Å². The highest BCUT2D eigenvalue weighted by atomic mass is 32.2. The average Bonchev–Trinajstić information content (AvgIpc) is 3.10. The van der Waals surface area contributed by atoms with Crippen LogP contribution in [0.4, 0.5) is 0 Å². The number of piperidine rings is 1. The molecule has 5 rings (SSSR count). The number of aliphatic hydroxyl groups excluding tert-OH is 1. The van der Waals surface area contributed by atoms with Gasteiger partial charge in [-0.3, -0.25) is 0 Å². The number of aliphatic hydroxyl groups is 1. The SMILES string of the molecule is COc1ccc([C@@]23C[C@@H]2CN(CCCSc2nnc(-c4ocnc4C)n2C)C3)cc1C(C)O. The molecule has 2 aliphatic rings. The highest BCUT2D eigenvalue weighted by Gasteiger charge is 2.60. The number of oxazole rings is 1. The molecule has 0 radical (unpaired) electrons. The summed E-state index contributed by atoms with van der Waals surface area (Å²) in [6.45, 7) is 7.03. The summed E-state index contributed by atoms with van der Waals surface area (Å²) in [4.78, 5) is 6.73. The van der Waals surface area contributed by atoms with E-state index in [-0.39, 0.29) is 5.41 Å². The minimum atomic E-state index is -0.530. The Bertz CT molecular complexity index is 1140. The minimum Gasteiger partial charge on any atom is -0.496 e. The zero-order valence-corrected chi connectivity index (χ0v) is 20.4. The highest BCUT2D eigenvalue weighted by molar-refractivity contribution is 7.99. The molecule has 2 aromatic heterocycles. The number of likely N-dealkylation sites (tertiary alicyclic amines) is 1. The molecule has 1 saturated heterocycles. The smallest absolute Gasteiger partial charge is 0.202 e. The molecule has 0 bridgehead atoms. The Morgan fingerprint density at radius 3 is 2.94 bits per heavy atom. The van der Waals surface area contributed by atoms with Crippen molar-refractivity contribution in [3.8, 4) is 17.3 Å². The van der Waals surface area contributed by atoms with Crippen LogP contribution in [0.15, 0.2) is 34.2 Å². The summed E-state index contributed by atoms with van der Waals surface area (Å²) >= 11 is 1.73. The van der Waals surface area contributed by atoms with E-state index < -0.39 is 6.10 Å². The molecule has 0 amide bonds. The molecule has 3 atom stereocenters. The monoisotopic (exact) mass is 469 g/mol. The van der Waals surface area contributed by atoms with E-state index in [1.807, 2.05) is 24.6 Å². The Hall–Kier alpha value is -2.36. The zero-order chi connectivity index (χ0) is 23.2. The lowest BCUT2D eigenvalue weighted by Crippen LogP contribution is -2.28. The summed E-state index contributed by atoms with van der Waals surface area (Å²) in [6.07, 6.45) is 3.25. The zero-order valence-electron chi connectivity index (χ0n) is 19.6. The summed E-state index contributed by atoms with van der Waals surface area (Å²) in [5.41, 5.74) is 3.29. The first-order valence-electron chi connectivity index (χ1n) is 11.4. The lowest BCUT2D eigenvalue weighted by molar-refractivity contribution is 0.194. The van der Waals surface area contributed by atoms with Crippen molar-refractivity contribution in [2.45, 2.75) is 43.4 Å². The van der Waals surface area contributed by atoms with Crippen molar-refractivity contribution in [3.63, 3.8) is 0 Å². The van der Waals surface area contributed by atoms with Gasteiger partial charge in [0.15, 0.2) is 17.3 Å². The molecule has 1 unspecified atom stereocenters. The first-order chi connectivity index (χ1) is 15.9. The predicted octanol–water partition coefficient (Wildman–Crippen LogP) is 3.60. The van der Waals surface area contributed by atoms with Crippen molar-refractivity contribution >= 4 is 11.8 Å². The lowest BCUT2D eigenvalue weighted by Gasteiger charge is -2.22. The number of nitrogens with zero attached hydrogens (tertiary/aromatic N) is 5. The molecule has 3 aromatic rings.